The van der Waals surface area contributed by atoms with Gasteiger partial charge in [-0.2, -0.15) is 0 Å². The van der Waals surface area contributed by atoms with Gasteiger partial charge < -0.3 is 20.2 Å². The number of anilines is 2. The topological polar surface area (TPSA) is 72.9 Å². The van der Waals surface area contributed by atoms with Crippen LogP contribution in [0.2, 0.25) is 5.02 Å². The van der Waals surface area contributed by atoms with Crippen molar-refractivity contribution in [1.29, 1.82) is 0 Å². The molecule has 6 nitrogen and oxygen atoms in total. The Hall–Kier alpha value is -1.95. The molecule has 0 aromatic heterocycles. The Bertz CT molecular complexity index is 606. The molecule has 0 radical (unpaired) electrons. The van der Waals surface area contributed by atoms with Crippen LogP contribution in [0.1, 0.15) is 13.3 Å². The van der Waals surface area contributed by atoms with Crippen LogP contribution in [0.3, 0.4) is 0 Å². The normalized spacial score (nSPS) is 20.8. The predicted octanol–water partition coefficient (Wildman–Crippen LogP) is 2.73. The highest BCUT2D eigenvalue weighted by atomic mass is 35.5. The first-order valence-corrected chi connectivity index (χ1v) is 7.37. The summed E-state index contributed by atoms with van der Waals surface area (Å²) < 4.78 is 0. The van der Waals surface area contributed by atoms with E-state index < -0.39 is 11.4 Å². The number of aliphatic carboxylic acids is 1. The lowest BCUT2D eigenvalue weighted by atomic mass is 9.90. The minimum Gasteiger partial charge on any atom is -0.481 e. The van der Waals surface area contributed by atoms with Gasteiger partial charge in [-0.3, -0.25) is 4.79 Å². The van der Waals surface area contributed by atoms with Gasteiger partial charge in [0.1, 0.15) is 0 Å². The number of rotatable bonds is 3. The van der Waals surface area contributed by atoms with Crippen LogP contribution in [0.4, 0.5) is 16.2 Å². The van der Waals surface area contributed by atoms with E-state index in [0.717, 1.165) is 5.69 Å². The van der Waals surface area contributed by atoms with E-state index in [-0.39, 0.29) is 12.6 Å². The second kappa shape index (κ2) is 6.04. The van der Waals surface area contributed by atoms with Crippen molar-refractivity contribution in [2.75, 3.05) is 37.4 Å². The molecule has 2 N–H and O–H groups in total. The van der Waals surface area contributed by atoms with Gasteiger partial charge in [-0.05, 0) is 31.5 Å². The number of nitrogens with one attached hydrogen (secondary N) is 1. The number of likely N-dealkylation sites (tertiary alicyclic amines) is 1. The van der Waals surface area contributed by atoms with Gasteiger partial charge in [0.25, 0.3) is 0 Å². The van der Waals surface area contributed by atoms with Crippen molar-refractivity contribution >= 4 is 35.0 Å². The first-order valence-electron chi connectivity index (χ1n) is 6.99. The number of carbonyl (C=O) groups is 2. The summed E-state index contributed by atoms with van der Waals surface area (Å²) in [5, 5.41) is 12.6. The zero-order valence-electron chi connectivity index (χ0n) is 12.9. The summed E-state index contributed by atoms with van der Waals surface area (Å²) in [5.41, 5.74) is 0.556. The summed E-state index contributed by atoms with van der Waals surface area (Å²) in [6.07, 6.45) is 0.450. The molecule has 2 amide bonds. The third-order valence-electron chi connectivity index (χ3n) is 3.96. The third kappa shape index (κ3) is 3.27. The Morgan fingerprint density at radius 3 is 2.64 bits per heavy atom. The molecule has 1 fully saturated rings. The lowest BCUT2D eigenvalue weighted by Crippen LogP contribution is -2.37. The highest BCUT2D eigenvalue weighted by Crippen LogP contribution is 2.32. The van der Waals surface area contributed by atoms with E-state index in [4.69, 9.17) is 11.6 Å². The number of amides is 2. The molecule has 1 heterocycles. The molecule has 0 bridgehead atoms. The van der Waals surface area contributed by atoms with Crippen LogP contribution >= 0.6 is 11.6 Å². The van der Waals surface area contributed by atoms with Gasteiger partial charge in [-0.25, -0.2) is 4.79 Å². The summed E-state index contributed by atoms with van der Waals surface area (Å²) in [6, 6.07) is 4.95. The molecule has 2 rings (SSSR count). The predicted molar refractivity (Wildman–Crippen MR) is 86.7 cm³/mol. The van der Waals surface area contributed by atoms with Gasteiger partial charge in [0.05, 0.1) is 16.8 Å². The number of urea groups is 1. The second-order valence-corrected chi connectivity index (χ2v) is 6.46. The number of benzene rings is 1. The molecule has 1 unspecified atom stereocenters. The fourth-order valence-electron chi connectivity index (χ4n) is 2.50. The number of hydrogen-bond acceptors (Lipinski definition) is 3. The maximum atomic E-state index is 12.4. The lowest BCUT2D eigenvalue weighted by Gasteiger charge is -2.23. The first kappa shape index (κ1) is 16.4. The smallest absolute Gasteiger partial charge is 0.321 e. The van der Waals surface area contributed by atoms with Crippen LogP contribution in [0.15, 0.2) is 18.2 Å². The number of nitrogens with zero attached hydrogens (tertiary/aromatic N) is 2. The Kier molecular flexibility index (Phi) is 4.51. The number of carboxylic acids is 1. The number of hydrogen-bond donors (Lipinski definition) is 2. The van der Waals surface area contributed by atoms with Crippen LogP contribution in [-0.2, 0) is 4.79 Å². The minimum absolute atomic E-state index is 0.200. The highest BCUT2D eigenvalue weighted by molar-refractivity contribution is 6.31. The van der Waals surface area contributed by atoms with Crippen LogP contribution < -0.4 is 10.2 Å². The lowest BCUT2D eigenvalue weighted by molar-refractivity contribution is -0.146. The Morgan fingerprint density at radius 1 is 1.41 bits per heavy atom. The molecule has 1 aliphatic rings. The molecule has 22 heavy (non-hydrogen) atoms. The van der Waals surface area contributed by atoms with E-state index in [1.807, 2.05) is 25.1 Å². The van der Waals surface area contributed by atoms with E-state index in [1.165, 1.54) is 4.90 Å². The minimum atomic E-state index is -0.879. The monoisotopic (exact) mass is 325 g/mol. The van der Waals surface area contributed by atoms with Crippen molar-refractivity contribution in [1.82, 2.24) is 4.90 Å². The number of carbonyl (C=O) groups excluding carboxylic acids is 1. The van der Waals surface area contributed by atoms with Gasteiger partial charge in [0, 0.05) is 32.2 Å². The van der Waals surface area contributed by atoms with Crippen molar-refractivity contribution in [3.63, 3.8) is 0 Å². The fraction of sp³-hybridized carbons (Fsp3) is 0.467. The average molecular weight is 326 g/mol. The molecule has 1 aliphatic heterocycles. The molecule has 0 spiro atoms. The number of carboxylic acid groups (broad SMARTS) is 1. The summed E-state index contributed by atoms with van der Waals surface area (Å²) in [5.74, 6) is -0.875. The molecule has 0 aliphatic carbocycles. The van der Waals surface area contributed by atoms with Gasteiger partial charge in [-0.15, -0.1) is 0 Å². The summed E-state index contributed by atoms with van der Waals surface area (Å²) >= 11 is 5.99. The van der Waals surface area contributed by atoms with Crippen LogP contribution in [0.25, 0.3) is 0 Å². The summed E-state index contributed by atoms with van der Waals surface area (Å²) in [6.45, 7) is 2.28. The highest BCUT2D eigenvalue weighted by Gasteiger charge is 2.42. The molecule has 1 aromatic carbocycles. The van der Waals surface area contributed by atoms with Crippen LogP contribution in [0, 0.1) is 5.41 Å². The van der Waals surface area contributed by atoms with Crippen LogP contribution in [-0.4, -0.2) is 49.2 Å². The molecule has 7 heteroatoms. The van der Waals surface area contributed by atoms with Gasteiger partial charge >= 0.3 is 12.0 Å². The van der Waals surface area contributed by atoms with Gasteiger partial charge in [-0.1, -0.05) is 11.6 Å². The molecule has 1 atom stereocenters. The molecule has 120 valence electrons. The Balaban J connectivity index is 2.14. The van der Waals surface area contributed by atoms with Crippen molar-refractivity contribution in [2.24, 2.45) is 5.41 Å². The van der Waals surface area contributed by atoms with E-state index in [0.29, 0.717) is 23.7 Å². The maximum absolute atomic E-state index is 12.4. The number of halogens is 1. The van der Waals surface area contributed by atoms with E-state index in [2.05, 4.69) is 5.32 Å². The largest absolute Gasteiger partial charge is 0.481 e. The summed E-state index contributed by atoms with van der Waals surface area (Å²) in [7, 11) is 3.74. The first-order chi connectivity index (χ1) is 10.2. The Morgan fingerprint density at radius 2 is 2.09 bits per heavy atom. The standard InChI is InChI=1S/C15H20ClN3O3/c1-15(13(20)21)6-7-19(9-15)14(22)17-11-8-10(16)4-5-12(11)18(2)3/h4-5,8H,6-7,9H2,1-3H3,(H,17,22)(H,20,21). The van der Waals surface area contributed by atoms with Gasteiger partial charge in [0.15, 0.2) is 0 Å². The van der Waals surface area contributed by atoms with E-state index in [1.54, 1.807) is 19.1 Å². The van der Waals surface area contributed by atoms with Crippen molar-refractivity contribution in [3.05, 3.63) is 23.2 Å². The molecular formula is C15H20ClN3O3. The van der Waals surface area contributed by atoms with Crippen molar-refractivity contribution in [3.8, 4) is 0 Å². The van der Waals surface area contributed by atoms with E-state index in [9.17, 15) is 14.7 Å². The molecule has 1 saturated heterocycles. The fourth-order valence-corrected chi connectivity index (χ4v) is 2.67. The maximum Gasteiger partial charge on any atom is 0.321 e. The average Bonchev–Trinajstić information content (AvgIpc) is 2.82. The zero-order valence-corrected chi connectivity index (χ0v) is 13.6. The molecule has 0 saturated carbocycles. The van der Waals surface area contributed by atoms with Gasteiger partial charge in [0.2, 0.25) is 0 Å². The SMILES string of the molecule is CN(C)c1ccc(Cl)cc1NC(=O)N1CCC(C)(C(=O)O)C1. The van der Waals surface area contributed by atoms with Crippen LogP contribution in [0.5, 0.6) is 0 Å². The molecular weight excluding hydrogens is 306 g/mol. The quantitative estimate of drug-likeness (QED) is 0.896. The third-order valence-corrected chi connectivity index (χ3v) is 4.19. The Labute approximate surface area is 134 Å². The van der Waals surface area contributed by atoms with Crippen molar-refractivity contribution in [2.45, 2.75) is 13.3 Å². The summed E-state index contributed by atoms with van der Waals surface area (Å²) in [4.78, 5) is 27.0. The van der Waals surface area contributed by atoms with Crippen molar-refractivity contribution < 1.29 is 14.7 Å². The second-order valence-electron chi connectivity index (χ2n) is 6.02. The van der Waals surface area contributed by atoms with E-state index >= 15 is 0 Å². The molecule has 1 aromatic rings. The zero-order chi connectivity index (χ0) is 16.5.